The lowest BCUT2D eigenvalue weighted by Crippen LogP contribution is -2.43. The van der Waals surface area contributed by atoms with Crippen LogP contribution >= 0.6 is 0 Å². The summed E-state index contributed by atoms with van der Waals surface area (Å²) < 4.78 is 11.3. The van der Waals surface area contributed by atoms with E-state index in [1.54, 1.807) is 19.1 Å². The molecule has 5 atom stereocenters. The van der Waals surface area contributed by atoms with E-state index in [9.17, 15) is 14.4 Å². The smallest absolute Gasteiger partial charge is 0.346 e. The van der Waals surface area contributed by atoms with E-state index in [-0.39, 0.29) is 34.9 Å². The number of ketones is 2. The quantitative estimate of drug-likeness (QED) is 0.416. The Kier molecular flexibility index (Phi) is 4.43. The molecule has 5 heteroatoms. The van der Waals surface area contributed by atoms with Crippen molar-refractivity contribution in [2.24, 2.45) is 23.7 Å². The Morgan fingerprint density at radius 3 is 2.48 bits per heavy atom. The van der Waals surface area contributed by atoms with Crippen molar-refractivity contribution in [3.8, 4) is 0 Å². The summed E-state index contributed by atoms with van der Waals surface area (Å²) in [7, 11) is 1.47. The van der Waals surface area contributed by atoms with Crippen molar-refractivity contribution < 1.29 is 23.9 Å². The van der Waals surface area contributed by atoms with Crippen LogP contribution in [0.25, 0.3) is 0 Å². The molecular weight excluding hydrogens is 320 g/mol. The van der Waals surface area contributed by atoms with E-state index in [2.05, 4.69) is 0 Å². The zero-order valence-corrected chi connectivity index (χ0v) is 15.1. The van der Waals surface area contributed by atoms with Gasteiger partial charge in [0, 0.05) is 24.2 Å². The van der Waals surface area contributed by atoms with Gasteiger partial charge in [-0.15, -0.1) is 0 Å². The van der Waals surface area contributed by atoms with Crippen LogP contribution in [0.1, 0.15) is 33.6 Å². The predicted molar refractivity (Wildman–Crippen MR) is 91.4 cm³/mol. The number of hydrogen-bond acceptors (Lipinski definition) is 5. The third kappa shape index (κ3) is 2.75. The summed E-state index contributed by atoms with van der Waals surface area (Å²) in [4.78, 5) is 37.9. The molecule has 25 heavy (non-hydrogen) atoms. The molecule has 1 spiro atoms. The van der Waals surface area contributed by atoms with Crippen LogP contribution in [0.5, 0.6) is 0 Å². The zero-order valence-electron chi connectivity index (χ0n) is 15.1. The van der Waals surface area contributed by atoms with Crippen LogP contribution in [0, 0.1) is 23.7 Å². The molecule has 3 aliphatic rings. The summed E-state index contributed by atoms with van der Waals surface area (Å²) in [6.07, 6.45) is 8.21. The fraction of sp³-hybridized carbons (Fsp3) is 0.550. The van der Waals surface area contributed by atoms with Crippen LogP contribution in [-0.2, 0) is 23.9 Å². The lowest BCUT2D eigenvalue weighted by Gasteiger charge is -2.38. The number of ether oxygens (including phenoxy) is 2. The molecule has 0 saturated carbocycles. The van der Waals surface area contributed by atoms with Gasteiger partial charge in [0.05, 0.1) is 7.11 Å². The molecule has 0 aromatic heterocycles. The van der Waals surface area contributed by atoms with E-state index in [1.807, 2.05) is 26.0 Å². The second kappa shape index (κ2) is 6.28. The Labute approximate surface area is 147 Å². The lowest BCUT2D eigenvalue weighted by atomic mass is 9.73. The van der Waals surface area contributed by atoms with Gasteiger partial charge in [0.25, 0.3) is 0 Å². The Morgan fingerprint density at radius 1 is 1.08 bits per heavy atom. The maximum absolute atomic E-state index is 12.9. The summed E-state index contributed by atoms with van der Waals surface area (Å²) in [5, 5.41) is 0. The number of methoxy groups -OCH3 is 1. The van der Waals surface area contributed by atoms with Crippen LogP contribution in [0.2, 0.25) is 0 Å². The van der Waals surface area contributed by atoms with Gasteiger partial charge in [-0.25, -0.2) is 4.79 Å². The molecular formula is C20H24O5. The first-order valence-corrected chi connectivity index (χ1v) is 8.76. The number of rotatable bonds is 1. The Morgan fingerprint density at radius 2 is 1.80 bits per heavy atom. The lowest BCUT2D eigenvalue weighted by molar-refractivity contribution is -0.153. The number of allylic oxidation sites excluding steroid dienone is 2. The first-order chi connectivity index (χ1) is 11.8. The number of carbonyl (C=O) groups excluding carboxylic acids is 3. The average molecular weight is 344 g/mol. The van der Waals surface area contributed by atoms with E-state index in [1.165, 1.54) is 7.11 Å². The molecule has 3 rings (SSSR count). The standard InChI is InChI=1S/C20H24O5/c1-11-5-6-14-7-8-15(21)12(2)9-13(3)17(22)16-18(24-4)20(14,10-11)25-19(16)23/h5-8,11-14H,9-10H2,1-4H3/b8-7-/t11-,12-,13+,14-,20+/m0/s1. The SMILES string of the molecule is COC1=C2C(=O)O[C@@]13C[C@@H](C)C=C[C@H]3/C=C\C(=O)[C@@H](C)C[C@@H](C)C2=O. The van der Waals surface area contributed by atoms with E-state index in [0.717, 1.165) is 0 Å². The highest BCUT2D eigenvalue weighted by Crippen LogP contribution is 2.48. The molecule has 134 valence electrons. The first-order valence-electron chi connectivity index (χ1n) is 8.76. The van der Waals surface area contributed by atoms with Crippen molar-refractivity contribution in [2.45, 2.75) is 39.2 Å². The van der Waals surface area contributed by atoms with E-state index >= 15 is 0 Å². The second-order valence-corrected chi connectivity index (χ2v) is 7.44. The molecule has 2 bridgehead atoms. The molecule has 0 unspecified atom stereocenters. The minimum Gasteiger partial charge on any atom is -0.496 e. The average Bonchev–Trinajstić information content (AvgIpc) is 2.83. The molecule has 5 nitrogen and oxygen atoms in total. The number of carbonyl (C=O) groups is 3. The fourth-order valence-corrected chi connectivity index (χ4v) is 4.14. The summed E-state index contributed by atoms with van der Waals surface area (Å²) in [5.41, 5.74) is -1.04. The van der Waals surface area contributed by atoms with Crippen molar-refractivity contribution >= 4 is 17.5 Å². The van der Waals surface area contributed by atoms with Crippen molar-refractivity contribution in [3.63, 3.8) is 0 Å². The van der Waals surface area contributed by atoms with Crippen LogP contribution in [0.3, 0.4) is 0 Å². The molecule has 0 aromatic carbocycles. The summed E-state index contributed by atoms with van der Waals surface area (Å²) in [5.74, 6) is -1.54. The Bertz CT molecular complexity index is 714. The Balaban J connectivity index is 2.22. The van der Waals surface area contributed by atoms with E-state index in [0.29, 0.717) is 18.6 Å². The largest absolute Gasteiger partial charge is 0.496 e. The van der Waals surface area contributed by atoms with E-state index < -0.39 is 17.5 Å². The molecule has 1 aliphatic heterocycles. The maximum Gasteiger partial charge on any atom is 0.346 e. The molecule has 0 fully saturated rings. The van der Waals surface area contributed by atoms with Gasteiger partial charge in [0.15, 0.2) is 22.9 Å². The summed E-state index contributed by atoms with van der Waals surface area (Å²) in [6, 6.07) is 0. The minimum atomic E-state index is -1.05. The highest BCUT2D eigenvalue weighted by atomic mass is 16.6. The van der Waals surface area contributed by atoms with Gasteiger partial charge in [-0.05, 0) is 18.4 Å². The third-order valence-corrected chi connectivity index (χ3v) is 5.46. The molecule has 1 heterocycles. The number of esters is 1. The van der Waals surface area contributed by atoms with Crippen molar-refractivity contribution in [1.82, 2.24) is 0 Å². The zero-order chi connectivity index (χ0) is 18.4. The van der Waals surface area contributed by atoms with Crippen LogP contribution in [-0.4, -0.2) is 30.2 Å². The maximum atomic E-state index is 12.9. The predicted octanol–water partition coefficient (Wildman–Crippen LogP) is 2.77. The van der Waals surface area contributed by atoms with Crippen molar-refractivity contribution in [1.29, 1.82) is 0 Å². The van der Waals surface area contributed by atoms with Gasteiger partial charge in [0.1, 0.15) is 5.57 Å². The van der Waals surface area contributed by atoms with Crippen molar-refractivity contribution in [3.05, 3.63) is 35.6 Å². The molecule has 2 aliphatic carbocycles. The van der Waals surface area contributed by atoms with Crippen LogP contribution < -0.4 is 0 Å². The van der Waals surface area contributed by atoms with Crippen molar-refractivity contribution in [2.75, 3.05) is 7.11 Å². The highest BCUT2D eigenvalue weighted by molar-refractivity contribution is 6.20. The van der Waals surface area contributed by atoms with Crippen LogP contribution in [0.15, 0.2) is 35.6 Å². The molecule has 0 amide bonds. The van der Waals surface area contributed by atoms with Gasteiger partial charge in [-0.3, -0.25) is 9.59 Å². The van der Waals surface area contributed by atoms with Gasteiger partial charge in [0.2, 0.25) is 0 Å². The topological polar surface area (TPSA) is 69.7 Å². The van der Waals surface area contributed by atoms with Gasteiger partial charge in [-0.1, -0.05) is 39.0 Å². The summed E-state index contributed by atoms with van der Waals surface area (Å²) in [6.45, 7) is 5.57. The highest BCUT2D eigenvalue weighted by Gasteiger charge is 2.56. The first kappa shape index (κ1) is 17.6. The van der Waals surface area contributed by atoms with Gasteiger partial charge >= 0.3 is 5.97 Å². The molecule has 0 N–H and O–H groups in total. The monoisotopic (exact) mass is 344 g/mol. The summed E-state index contributed by atoms with van der Waals surface area (Å²) >= 11 is 0. The van der Waals surface area contributed by atoms with Gasteiger partial charge < -0.3 is 9.47 Å². The second-order valence-electron chi connectivity index (χ2n) is 7.44. The number of hydrogen-bond donors (Lipinski definition) is 0. The normalized spacial score (nSPS) is 39.6. The molecule has 0 radical (unpaired) electrons. The number of Topliss-reactive ketones (excluding diaryl/α,β-unsaturated/α-hetero) is 1. The van der Waals surface area contributed by atoms with Gasteiger partial charge in [-0.2, -0.15) is 0 Å². The fourth-order valence-electron chi connectivity index (χ4n) is 4.14. The minimum absolute atomic E-state index is 0.0115. The third-order valence-electron chi connectivity index (χ3n) is 5.46. The molecule has 0 saturated heterocycles. The van der Waals surface area contributed by atoms with E-state index in [4.69, 9.17) is 9.47 Å². The van der Waals surface area contributed by atoms with Crippen LogP contribution in [0.4, 0.5) is 0 Å². The molecule has 0 aromatic rings. The Hall–Kier alpha value is -2.17.